The van der Waals surface area contributed by atoms with Crippen molar-refractivity contribution in [1.29, 1.82) is 5.26 Å². The van der Waals surface area contributed by atoms with Gasteiger partial charge in [-0.2, -0.15) is 10.2 Å². The van der Waals surface area contributed by atoms with E-state index >= 15 is 4.39 Å². The molecule has 0 aliphatic heterocycles. The molecule has 3 aromatic carbocycles. The van der Waals surface area contributed by atoms with Gasteiger partial charge in [0.15, 0.2) is 0 Å². The van der Waals surface area contributed by atoms with Crippen molar-refractivity contribution in [1.82, 2.24) is 19.5 Å². The lowest BCUT2D eigenvalue weighted by Gasteiger charge is -2.16. The molecule has 1 saturated carbocycles. The number of aromatic carboxylic acids is 1. The minimum Gasteiger partial charge on any atom is -0.496 e. The smallest absolute Gasteiger partial charge is 0.335 e. The van der Waals surface area contributed by atoms with Gasteiger partial charge in [-0.05, 0) is 66.9 Å². The number of hydrogen-bond donors (Lipinski definition) is 1. The van der Waals surface area contributed by atoms with Crippen LogP contribution in [0.25, 0.3) is 22.3 Å². The summed E-state index contributed by atoms with van der Waals surface area (Å²) in [5.41, 5.74) is 3.44. The van der Waals surface area contributed by atoms with Crippen LogP contribution < -0.4 is 9.47 Å². The monoisotopic (exact) mass is 611 g/mol. The number of rotatable bonds is 11. The molecule has 222 valence electrons. The number of hydrogen-bond acceptors (Lipinski definition) is 7. The van der Waals surface area contributed by atoms with E-state index in [1.165, 1.54) is 18.3 Å². The minimum atomic E-state index is -1.03. The van der Waals surface area contributed by atoms with Crippen LogP contribution in [-0.2, 0) is 19.6 Å². The lowest BCUT2D eigenvalue weighted by Crippen LogP contribution is -2.14. The number of nitrogens with zero attached hydrogens (tertiary/aromatic N) is 5. The third-order valence-electron chi connectivity index (χ3n) is 7.89. The van der Waals surface area contributed by atoms with Gasteiger partial charge < -0.3 is 19.1 Å². The molecule has 0 saturated heterocycles. The molecule has 1 aliphatic carbocycles. The van der Waals surface area contributed by atoms with Gasteiger partial charge >= 0.3 is 12.0 Å². The molecular weight excluding hydrogens is 585 g/mol. The summed E-state index contributed by atoms with van der Waals surface area (Å²) in [5.74, 6) is -0.247. The summed E-state index contributed by atoms with van der Waals surface area (Å²) in [4.78, 5) is 25.0. The Balaban J connectivity index is 1.25. The first-order valence-corrected chi connectivity index (χ1v) is 14.3. The van der Waals surface area contributed by atoms with Crippen molar-refractivity contribution in [3.05, 3.63) is 100 Å². The summed E-state index contributed by atoms with van der Waals surface area (Å²) in [5, 5.41) is 19.5. The maximum atomic E-state index is 15.5. The first-order valence-electron chi connectivity index (χ1n) is 13.9. The number of ether oxygens (including phenoxy) is 2. The molecular formula is C33H27ClFN5O4. The second-order valence-corrected chi connectivity index (χ2v) is 11.4. The predicted octanol–water partition coefficient (Wildman–Crippen LogP) is 6.86. The molecule has 0 amide bonds. The van der Waals surface area contributed by atoms with Gasteiger partial charge in [-0.25, -0.2) is 19.2 Å². The molecule has 2 heterocycles. The highest BCUT2D eigenvalue weighted by atomic mass is 35.5. The van der Waals surface area contributed by atoms with E-state index in [0.717, 1.165) is 18.4 Å². The van der Waals surface area contributed by atoms with Gasteiger partial charge in [-0.1, -0.05) is 23.7 Å². The van der Waals surface area contributed by atoms with E-state index in [1.54, 1.807) is 49.6 Å². The van der Waals surface area contributed by atoms with Crippen LogP contribution in [-0.4, -0.2) is 37.7 Å². The Labute approximate surface area is 257 Å². The van der Waals surface area contributed by atoms with Crippen LogP contribution in [0.15, 0.2) is 66.9 Å². The van der Waals surface area contributed by atoms with E-state index in [1.807, 2.05) is 10.6 Å². The zero-order valence-corrected chi connectivity index (χ0v) is 24.5. The van der Waals surface area contributed by atoms with E-state index in [-0.39, 0.29) is 29.2 Å². The lowest BCUT2D eigenvalue weighted by atomic mass is 10.0. The number of carboxylic acids is 1. The van der Waals surface area contributed by atoms with Crippen molar-refractivity contribution in [2.24, 2.45) is 5.41 Å². The maximum absolute atomic E-state index is 15.5. The summed E-state index contributed by atoms with van der Waals surface area (Å²) in [6.45, 7) is 0.678. The van der Waals surface area contributed by atoms with Gasteiger partial charge in [0.1, 0.15) is 24.0 Å². The quantitative estimate of drug-likeness (QED) is 0.172. The minimum absolute atomic E-state index is 0.0869. The second kappa shape index (κ2) is 11.9. The number of nitriles is 1. The highest BCUT2D eigenvalue weighted by Crippen LogP contribution is 2.50. The first kappa shape index (κ1) is 29.1. The van der Waals surface area contributed by atoms with E-state index in [9.17, 15) is 15.2 Å². The maximum Gasteiger partial charge on any atom is 0.335 e. The van der Waals surface area contributed by atoms with Crippen molar-refractivity contribution in [3.63, 3.8) is 0 Å². The van der Waals surface area contributed by atoms with Crippen molar-refractivity contribution in [2.45, 2.75) is 38.8 Å². The molecule has 1 N–H and O–H groups in total. The largest absolute Gasteiger partial charge is 0.496 e. The van der Waals surface area contributed by atoms with Gasteiger partial charge in [0.25, 0.3) is 0 Å². The molecule has 0 radical (unpaired) electrons. The molecule has 2 aromatic heterocycles. The number of methoxy groups -OCH3 is 1. The highest BCUT2D eigenvalue weighted by Gasteiger charge is 2.43. The zero-order valence-electron chi connectivity index (χ0n) is 23.8. The number of aromatic nitrogens is 4. The molecule has 1 fully saturated rings. The average molecular weight is 612 g/mol. The van der Waals surface area contributed by atoms with E-state index in [2.05, 4.69) is 16.0 Å². The van der Waals surface area contributed by atoms with Crippen LogP contribution in [0, 0.1) is 22.6 Å². The Kier molecular flexibility index (Phi) is 7.89. The Morgan fingerprint density at radius 3 is 2.70 bits per heavy atom. The second-order valence-electron chi connectivity index (χ2n) is 10.9. The third-order valence-corrected chi connectivity index (χ3v) is 8.13. The predicted molar refractivity (Wildman–Crippen MR) is 161 cm³/mol. The number of benzene rings is 3. The fourth-order valence-corrected chi connectivity index (χ4v) is 5.45. The van der Waals surface area contributed by atoms with Crippen LogP contribution >= 0.6 is 11.6 Å². The Bertz CT molecular complexity index is 1930. The highest BCUT2D eigenvalue weighted by molar-refractivity contribution is 6.30. The first-order chi connectivity index (χ1) is 21.3. The molecule has 5 aromatic rings. The molecule has 9 nitrogen and oxygen atoms in total. The lowest BCUT2D eigenvalue weighted by molar-refractivity contribution is 0.0697. The van der Waals surface area contributed by atoms with Crippen molar-refractivity contribution in [2.75, 3.05) is 7.11 Å². The standard InChI is InChI=1S/C33H27ClFN5O4/c1-43-29-17-23(34)5-3-22(29)18-44-32-37-13-8-26(39-32)24-6-2-20(14-25(24)35)15-30-38-27-7-4-21(31(41)42)16-28(27)40(30)19-33(9-10-33)11-12-36/h2-8,13-14,16-17H,9-11,15,18-19H2,1H3,(H,41,42). The summed E-state index contributed by atoms with van der Waals surface area (Å²) < 4.78 is 28.6. The summed E-state index contributed by atoms with van der Waals surface area (Å²) in [7, 11) is 1.54. The third kappa shape index (κ3) is 6.05. The Morgan fingerprint density at radius 1 is 1.14 bits per heavy atom. The molecule has 0 spiro atoms. The number of halogens is 2. The summed E-state index contributed by atoms with van der Waals surface area (Å²) in [6, 6.07) is 18.9. The van der Waals surface area contributed by atoms with Crippen LogP contribution in [0.4, 0.5) is 4.39 Å². The van der Waals surface area contributed by atoms with Crippen LogP contribution in [0.2, 0.25) is 5.02 Å². The number of imidazole rings is 1. The summed E-state index contributed by atoms with van der Waals surface area (Å²) >= 11 is 6.04. The molecule has 11 heteroatoms. The average Bonchev–Trinajstić information content (AvgIpc) is 3.70. The fraction of sp³-hybridized carbons (Fsp3) is 0.242. The van der Waals surface area contributed by atoms with Crippen molar-refractivity contribution >= 4 is 28.6 Å². The molecule has 6 rings (SSSR count). The van der Waals surface area contributed by atoms with Gasteiger partial charge in [0.05, 0.1) is 35.5 Å². The molecule has 0 unspecified atom stereocenters. The zero-order chi connectivity index (χ0) is 30.8. The molecule has 44 heavy (non-hydrogen) atoms. The summed E-state index contributed by atoms with van der Waals surface area (Å²) in [6.07, 6.45) is 4.07. The Morgan fingerprint density at radius 2 is 1.98 bits per heavy atom. The van der Waals surface area contributed by atoms with Crippen LogP contribution in [0.1, 0.15) is 46.6 Å². The van der Waals surface area contributed by atoms with Crippen molar-refractivity contribution < 1.29 is 23.8 Å². The number of fused-ring (bicyclic) bond motifs is 1. The topological polar surface area (TPSA) is 123 Å². The van der Waals surface area contributed by atoms with E-state index in [4.69, 9.17) is 26.1 Å². The Hall–Kier alpha value is -5.01. The van der Waals surface area contributed by atoms with Gasteiger partial charge in [0, 0.05) is 47.1 Å². The van der Waals surface area contributed by atoms with Crippen molar-refractivity contribution in [3.8, 4) is 29.1 Å². The van der Waals surface area contributed by atoms with Crippen LogP contribution in [0.3, 0.4) is 0 Å². The SMILES string of the molecule is COc1cc(Cl)ccc1COc1nccc(-c2ccc(Cc3nc4ccc(C(=O)O)cc4n3CC3(CC#N)CC3)cc2F)n1. The number of carbonyl (C=O) groups is 1. The van der Waals surface area contributed by atoms with E-state index in [0.29, 0.717) is 58.3 Å². The molecule has 1 aliphatic rings. The number of carboxylic acid groups (broad SMARTS) is 1. The fourth-order valence-electron chi connectivity index (χ4n) is 5.29. The molecule has 0 atom stereocenters. The normalized spacial score (nSPS) is 13.4. The van der Waals surface area contributed by atoms with Crippen LogP contribution in [0.5, 0.6) is 11.8 Å². The van der Waals surface area contributed by atoms with E-state index < -0.39 is 11.8 Å². The van der Waals surface area contributed by atoms with Gasteiger partial charge in [-0.3, -0.25) is 0 Å². The van der Waals surface area contributed by atoms with Gasteiger partial charge in [0.2, 0.25) is 0 Å². The van der Waals surface area contributed by atoms with Gasteiger partial charge in [-0.15, -0.1) is 0 Å². The molecule has 0 bridgehead atoms.